The van der Waals surface area contributed by atoms with Gasteiger partial charge in [0.15, 0.2) is 0 Å². The van der Waals surface area contributed by atoms with Crippen LogP contribution in [0.5, 0.6) is 0 Å². The van der Waals surface area contributed by atoms with Crippen LogP contribution >= 0.6 is 11.6 Å². The predicted octanol–water partition coefficient (Wildman–Crippen LogP) is 2.45. The molecule has 1 aliphatic rings. The Kier molecular flexibility index (Phi) is 4.87. The number of halogens is 1. The number of ether oxygens (including phenoxy) is 1. The van der Waals surface area contributed by atoms with Gasteiger partial charge in [-0.05, 0) is 25.7 Å². The quantitative estimate of drug-likeness (QED) is 0.904. The zero-order valence-corrected chi connectivity index (χ0v) is 12.7. The second kappa shape index (κ2) is 6.25. The summed E-state index contributed by atoms with van der Waals surface area (Å²) in [7, 11) is 0. The van der Waals surface area contributed by atoms with Crippen molar-refractivity contribution in [1.29, 1.82) is 0 Å². The summed E-state index contributed by atoms with van der Waals surface area (Å²) in [6.45, 7) is 7.70. The van der Waals surface area contributed by atoms with Gasteiger partial charge in [0.1, 0.15) is 0 Å². The molecule has 0 aromatic carbocycles. The van der Waals surface area contributed by atoms with E-state index in [0.29, 0.717) is 17.4 Å². The van der Waals surface area contributed by atoms with E-state index in [1.54, 1.807) is 0 Å². The van der Waals surface area contributed by atoms with E-state index < -0.39 is 6.10 Å². The fourth-order valence-corrected chi connectivity index (χ4v) is 3.08. The molecule has 4 nitrogen and oxygen atoms in total. The number of nitrogens with zero attached hydrogens (tertiary/aromatic N) is 2. The van der Waals surface area contributed by atoms with Crippen molar-refractivity contribution in [2.24, 2.45) is 5.92 Å². The van der Waals surface area contributed by atoms with E-state index in [-0.39, 0.29) is 6.10 Å². The molecule has 1 aromatic heterocycles. The van der Waals surface area contributed by atoms with Gasteiger partial charge in [0.2, 0.25) is 0 Å². The zero-order valence-electron chi connectivity index (χ0n) is 11.9. The standard InChI is InChI=1S/C14H23ClN2O2/c1-4-10-13(15)11(17(5-2)16-10)8-12(18)14-9(3)6-7-19-14/h9,12,14,18H,4-8H2,1-3H3. The molecule has 0 saturated carbocycles. The van der Waals surface area contributed by atoms with Crippen LogP contribution in [0.25, 0.3) is 0 Å². The largest absolute Gasteiger partial charge is 0.390 e. The minimum atomic E-state index is -0.512. The maximum Gasteiger partial charge on any atom is 0.0864 e. The van der Waals surface area contributed by atoms with Crippen LogP contribution < -0.4 is 0 Å². The molecule has 1 N–H and O–H groups in total. The average Bonchev–Trinajstić information content (AvgIpc) is 2.95. The van der Waals surface area contributed by atoms with Crippen LogP contribution in [0, 0.1) is 5.92 Å². The van der Waals surface area contributed by atoms with Crippen molar-refractivity contribution < 1.29 is 9.84 Å². The monoisotopic (exact) mass is 286 g/mol. The van der Waals surface area contributed by atoms with E-state index in [4.69, 9.17) is 16.3 Å². The summed E-state index contributed by atoms with van der Waals surface area (Å²) >= 11 is 6.36. The molecule has 2 rings (SSSR count). The number of hydrogen-bond donors (Lipinski definition) is 1. The summed E-state index contributed by atoms with van der Waals surface area (Å²) in [4.78, 5) is 0. The van der Waals surface area contributed by atoms with Crippen molar-refractivity contribution in [2.45, 2.75) is 58.8 Å². The SMILES string of the molecule is CCc1nn(CC)c(CC(O)C2OCCC2C)c1Cl. The third kappa shape index (κ3) is 2.96. The van der Waals surface area contributed by atoms with Gasteiger partial charge in [-0.25, -0.2) is 0 Å². The van der Waals surface area contributed by atoms with E-state index >= 15 is 0 Å². The van der Waals surface area contributed by atoms with E-state index in [1.807, 2.05) is 18.5 Å². The van der Waals surface area contributed by atoms with Crippen LogP contribution in [0.1, 0.15) is 38.6 Å². The fourth-order valence-electron chi connectivity index (χ4n) is 2.74. The maximum atomic E-state index is 10.4. The molecule has 0 aliphatic carbocycles. The van der Waals surface area contributed by atoms with Crippen LogP contribution in [0.15, 0.2) is 0 Å². The third-order valence-corrected chi connectivity index (χ3v) is 4.36. The highest BCUT2D eigenvalue weighted by atomic mass is 35.5. The molecule has 0 amide bonds. The second-order valence-corrected chi connectivity index (χ2v) is 5.63. The van der Waals surface area contributed by atoms with E-state index in [9.17, 15) is 5.11 Å². The smallest absolute Gasteiger partial charge is 0.0864 e. The molecule has 0 bridgehead atoms. The van der Waals surface area contributed by atoms with Crippen molar-refractivity contribution in [3.05, 3.63) is 16.4 Å². The number of aliphatic hydroxyl groups excluding tert-OH is 1. The first-order valence-corrected chi connectivity index (χ1v) is 7.49. The first kappa shape index (κ1) is 14.8. The number of rotatable bonds is 5. The van der Waals surface area contributed by atoms with Crippen LogP contribution in [-0.2, 0) is 24.1 Å². The Morgan fingerprint density at radius 1 is 1.53 bits per heavy atom. The van der Waals surface area contributed by atoms with Crippen LogP contribution in [-0.4, -0.2) is 33.7 Å². The molecule has 0 radical (unpaired) electrons. The molecule has 3 unspecified atom stereocenters. The van der Waals surface area contributed by atoms with E-state index in [2.05, 4.69) is 12.0 Å². The van der Waals surface area contributed by atoms with E-state index in [1.165, 1.54) is 0 Å². The highest BCUT2D eigenvalue weighted by Crippen LogP contribution is 2.28. The summed E-state index contributed by atoms with van der Waals surface area (Å²) in [6, 6.07) is 0. The molecule has 1 aliphatic heterocycles. The Hall–Kier alpha value is -0.580. The van der Waals surface area contributed by atoms with Crippen molar-refractivity contribution in [1.82, 2.24) is 9.78 Å². The second-order valence-electron chi connectivity index (χ2n) is 5.25. The van der Waals surface area contributed by atoms with Crippen molar-refractivity contribution in [2.75, 3.05) is 6.61 Å². The Morgan fingerprint density at radius 2 is 2.26 bits per heavy atom. The van der Waals surface area contributed by atoms with Crippen LogP contribution in [0.3, 0.4) is 0 Å². The van der Waals surface area contributed by atoms with Gasteiger partial charge in [0, 0.05) is 19.6 Å². The lowest BCUT2D eigenvalue weighted by atomic mass is 9.96. The minimum absolute atomic E-state index is 0.0821. The normalized spacial score (nSPS) is 24.9. The van der Waals surface area contributed by atoms with Gasteiger partial charge in [0.05, 0.1) is 28.6 Å². The summed E-state index contributed by atoms with van der Waals surface area (Å²) in [5.74, 6) is 0.400. The molecular formula is C14H23ClN2O2. The third-order valence-electron chi connectivity index (χ3n) is 3.92. The summed E-state index contributed by atoms with van der Waals surface area (Å²) in [5, 5.41) is 15.6. The highest BCUT2D eigenvalue weighted by Gasteiger charge is 2.32. The lowest BCUT2D eigenvalue weighted by Crippen LogP contribution is -2.32. The topological polar surface area (TPSA) is 47.3 Å². The van der Waals surface area contributed by atoms with E-state index in [0.717, 1.165) is 37.4 Å². The lowest BCUT2D eigenvalue weighted by Gasteiger charge is -2.21. The Labute approximate surface area is 119 Å². The lowest BCUT2D eigenvalue weighted by molar-refractivity contribution is -0.0165. The van der Waals surface area contributed by atoms with Gasteiger partial charge in [-0.2, -0.15) is 5.10 Å². The maximum absolute atomic E-state index is 10.4. The molecule has 108 valence electrons. The van der Waals surface area contributed by atoms with Crippen molar-refractivity contribution in [3.8, 4) is 0 Å². The number of hydrogen-bond acceptors (Lipinski definition) is 3. The van der Waals surface area contributed by atoms with Gasteiger partial charge in [-0.15, -0.1) is 0 Å². The summed E-state index contributed by atoms with van der Waals surface area (Å²) in [6.07, 6.45) is 1.74. The van der Waals surface area contributed by atoms with Crippen LogP contribution in [0.2, 0.25) is 5.02 Å². The average molecular weight is 287 g/mol. The fraction of sp³-hybridized carbons (Fsp3) is 0.786. The molecular weight excluding hydrogens is 264 g/mol. The summed E-state index contributed by atoms with van der Waals surface area (Å²) < 4.78 is 7.52. The molecule has 1 fully saturated rings. The van der Waals surface area contributed by atoms with Gasteiger partial charge in [0.25, 0.3) is 0 Å². The molecule has 1 saturated heterocycles. The molecule has 0 spiro atoms. The van der Waals surface area contributed by atoms with Gasteiger partial charge >= 0.3 is 0 Å². The Balaban J connectivity index is 2.15. The van der Waals surface area contributed by atoms with Gasteiger partial charge < -0.3 is 9.84 Å². The van der Waals surface area contributed by atoms with Crippen molar-refractivity contribution >= 4 is 11.6 Å². The molecule has 1 aromatic rings. The Bertz CT molecular complexity index is 433. The zero-order chi connectivity index (χ0) is 14.0. The van der Waals surface area contributed by atoms with Gasteiger partial charge in [-0.3, -0.25) is 4.68 Å². The highest BCUT2D eigenvalue weighted by molar-refractivity contribution is 6.31. The number of aromatic nitrogens is 2. The van der Waals surface area contributed by atoms with Gasteiger partial charge in [-0.1, -0.05) is 25.4 Å². The number of aryl methyl sites for hydroxylation is 2. The molecule has 19 heavy (non-hydrogen) atoms. The van der Waals surface area contributed by atoms with Crippen molar-refractivity contribution in [3.63, 3.8) is 0 Å². The first-order chi connectivity index (χ1) is 9.08. The Morgan fingerprint density at radius 3 is 2.79 bits per heavy atom. The number of aliphatic hydroxyl groups is 1. The van der Waals surface area contributed by atoms with Crippen LogP contribution in [0.4, 0.5) is 0 Å². The molecule has 3 atom stereocenters. The minimum Gasteiger partial charge on any atom is -0.390 e. The molecule has 5 heteroatoms. The molecule has 2 heterocycles. The first-order valence-electron chi connectivity index (χ1n) is 7.12. The predicted molar refractivity (Wildman–Crippen MR) is 75.5 cm³/mol. The summed E-state index contributed by atoms with van der Waals surface area (Å²) in [5.41, 5.74) is 1.84.